The molecule has 3 heterocycles. The summed E-state index contributed by atoms with van der Waals surface area (Å²) in [5.74, 6) is -0.277. The first-order valence-electron chi connectivity index (χ1n) is 18.7. The minimum Gasteiger partial charge on any atom is -0.465 e. The smallest absolute Gasteiger partial charge is 0.338 e. The van der Waals surface area contributed by atoms with Crippen molar-refractivity contribution < 1.29 is 23.8 Å². The summed E-state index contributed by atoms with van der Waals surface area (Å²) >= 11 is 7.10. The van der Waals surface area contributed by atoms with E-state index >= 15 is 0 Å². The van der Waals surface area contributed by atoms with Crippen molar-refractivity contribution in [2.75, 3.05) is 56.4 Å². The molecule has 5 rings (SSSR count). The van der Waals surface area contributed by atoms with Crippen LogP contribution in [0, 0.1) is 20.8 Å². The van der Waals surface area contributed by atoms with Gasteiger partial charge in [0.1, 0.15) is 0 Å². The van der Waals surface area contributed by atoms with Crippen molar-refractivity contribution in [2.45, 2.75) is 98.7 Å². The van der Waals surface area contributed by atoms with Crippen LogP contribution >= 0.6 is 31.9 Å². The fraction of sp³-hybridized carbons (Fsp3) is 0.537. The molecule has 0 spiro atoms. The molecule has 0 radical (unpaired) electrons. The van der Waals surface area contributed by atoms with Gasteiger partial charge in [-0.3, -0.25) is 9.59 Å². The minimum atomic E-state index is -0.293. The van der Waals surface area contributed by atoms with E-state index in [1.165, 1.54) is 7.11 Å². The van der Waals surface area contributed by atoms with E-state index in [4.69, 9.17) is 14.2 Å². The van der Waals surface area contributed by atoms with Gasteiger partial charge in [-0.15, -0.1) is 0 Å². The molecule has 0 saturated carbocycles. The van der Waals surface area contributed by atoms with E-state index in [1.54, 1.807) is 0 Å². The number of nitrogens with zero attached hydrogens (tertiary/aromatic N) is 2. The largest absolute Gasteiger partial charge is 0.465 e. The van der Waals surface area contributed by atoms with Gasteiger partial charge in [0.15, 0.2) is 0 Å². The fourth-order valence-electron chi connectivity index (χ4n) is 7.43. The molecule has 3 aromatic rings. The van der Waals surface area contributed by atoms with E-state index in [-0.39, 0.29) is 29.9 Å². The van der Waals surface area contributed by atoms with Crippen LogP contribution in [0.4, 0.5) is 11.4 Å². The van der Waals surface area contributed by atoms with E-state index in [9.17, 15) is 14.4 Å². The van der Waals surface area contributed by atoms with Gasteiger partial charge >= 0.3 is 5.97 Å². The molecule has 2 aliphatic rings. The van der Waals surface area contributed by atoms with Crippen LogP contribution in [-0.2, 0) is 20.8 Å². The molecule has 1 aromatic heterocycles. The Morgan fingerprint density at radius 3 is 1.75 bits per heavy atom. The maximum Gasteiger partial charge on any atom is 0.338 e. The highest BCUT2D eigenvalue weighted by atomic mass is 79.9. The van der Waals surface area contributed by atoms with E-state index in [1.807, 2.05) is 39.0 Å². The highest BCUT2D eigenvalue weighted by Crippen LogP contribution is 2.33. The van der Waals surface area contributed by atoms with E-state index in [0.717, 1.165) is 108 Å². The van der Waals surface area contributed by atoms with Crippen molar-refractivity contribution in [1.29, 1.82) is 0 Å². The zero-order valence-electron chi connectivity index (χ0n) is 32.5. The van der Waals surface area contributed by atoms with Crippen LogP contribution in [0.5, 0.6) is 0 Å². The molecule has 0 unspecified atom stereocenters. The number of rotatable bonds is 11. The number of aryl methyl sites for hydroxylation is 1. The van der Waals surface area contributed by atoms with Crippen molar-refractivity contribution in [3.8, 4) is 0 Å². The average molecular weight is 861 g/mol. The molecule has 10 nitrogen and oxygen atoms in total. The van der Waals surface area contributed by atoms with Crippen LogP contribution in [0.3, 0.4) is 0 Å². The zero-order chi connectivity index (χ0) is 38.8. The number of H-pyrrole nitrogens is 1. The number of benzene rings is 2. The number of esters is 1. The first-order valence-corrected chi connectivity index (χ1v) is 20.3. The Labute approximate surface area is 331 Å². The van der Waals surface area contributed by atoms with Crippen molar-refractivity contribution in [1.82, 2.24) is 10.3 Å². The lowest BCUT2D eigenvalue weighted by molar-refractivity contribution is 0.0599. The number of aromatic amines is 1. The summed E-state index contributed by atoms with van der Waals surface area (Å²) in [5.41, 5.74) is 7.58. The molecule has 53 heavy (non-hydrogen) atoms. The van der Waals surface area contributed by atoms with Gasteiger partial charge in [-0.05, 0) is 113 Å². The van der Waals surface area contributed by atoms with Crippen molar-refractivity contribution in [3.05, 3.63) is 88.7 Å². The molecule has 2 saturated heterocycles. The normalized spacial score (nSPS) is 15.1. The molecule has 1 amide bonds. The summed E-state index contributed by atoms with van der Waals surface area (Å²) in [6.07, 6.45) is 4.01. The summed E-state index contributed by atoms with van der Waals surface area (Å²) in [4.78, 5) is 45.3. The molecular formula is C41H56Br2N4O6. The van der Waals surface area contributed by atoms with Gasteiger partial charge in [-0.1, -0.05) is 45.7 Å². The number of carbonyl (C=O) groups excluding carboxylic acids is 2. The molecule has 2 aliphatic heterocycles. The molecule has 0 bridgehead atoms. The summed E-state index contributed by atoms with van der Waals surface area (Å²) < 4.78 is 17.6. The number of aromatic nitrogens is 1. The molecule has 0 aliphatic carbocycles. The monoisotopic (exact) mass is 858 g/mol. The average Bonchev–Trinajstić information content (AvgIpc) is 3.14. The topological polar surface area (TPSA) is 113 Å². The maximum atomic E-state index is 13.2. The highest BCUT2D eigenvalue weighted by Gasteiger charge is 2.26. The number of hydrogen-bond acceptors (Lipinski definition) is 8. The molecule has 290 valence electrons. The van der Waals surface area contributed by atoms with Gasteiger partial charge in [-0.2, -0.15) is 0 Å². The second kappa shape index (κ2) is 19.9. The predicted octanol–water partition coefficient (Wildman–Crippen LogP) is 8.36. The number of pyridine rings is 1. The Balaban J connectivity index is 0.000000258. The van der Waals surface area contributed by atoms with Crippen molar-refractivity contribution >= 4 is 55.1 Å². The van der Waals surface area contributed by atoms with Gasteiger partial charge in [0.25, 0.3) is 11.5 Å². The van der Waals surface area contributed by atoms with Crippen LogP contribution in [0.2, 0.25) is 0 Å². The quantitative estimate of drug-likeness (QED) is 0.185. The van der Waals surface area contributed by atoms with Gasteiger partial charge in [0.2, 0.25) is 0 Å². The van der Waals surface area contributed by atoms with E-state index in [0.29, 0.717) is 28.8 Å². The zero-order valence-corrected chi connectivity index (χ0v) is 35.7. The lowest BCUT2D eigenvalue weighted by Gasteiger charge is -2.36. The lowest BCUT2D eigenvalue weighted by atomic mass is 9.97. The standard InChI is InChI=1S/C25H34BrN3O3.C16H22BrNO3/c1-6-29(19-7-9-32-10-8-19)23-13-18(26)12-21(17(23)5)24(30)27-14-22-20(15(2)3)11-16(4)28-25(22)31;1-4-18(13-5-7-21-8-6-13)15-10-12(17)9-14(11(15)2)16(19)20-3/h11-13,15,19H,6-10,14H2,1-5H3,(H,27,30)(H,28,31);9-10,13H,4-8H2,1-3H3. The Morgan fingerprint density at radius 2 is 1.30 bits per heavy atom. The first kappa shape index (κ1) is 42.6. The molecule has 0 atom stereocenters. The number of hydrogen-bond donors (Lipinski definition) is 2. The van der Waals surface area contributed by atoms with Crippen LogP contribution in [0.1, 0.15) is 108 Å². The summed E-state index contributed by atoms with van der Waals surface area (Å²) in [6, 6.07) is 10.7. The number of carbonyl (C=O) groups is 2. The van der Waals surface area contributed by atoms with Gasteiger partial charge in [0, 0.05) is 95.3 Å². The summed E-state index contributed by atoms with van der Waals surface area (Å²) in [6.45, 7) is 19.4. The van der Waals surface area contributed by atoms with E-state index < -0.39 is 0 Å². The second-order valence-corrected chi connectivity index (χ2v) is 15.8. The Bertz CT molecular complexity index is 1780. The number of methoxy groups -OCH3 is 1. The lowest BCUT2D eigenvalue weighted by Crippen LogP contribution is -2.40. The highest BCUT2D eigenvalue weighted by molar-refractivity contribution is 9.10. The summed E-state index contributed by atoms with van der Waals surface area (Å²) in [7, 11) is 1.42. The van der Waals surface area contributed by atoms with Gasteiger partial charge < -0.3 is 34.3 Å². The van der Waals surface area contributed by atoms with Crippen molar-refractivity contribution in [2.24, 2.45) is 0 Å². The predicted molar refractivity (Wildman–Crippen MR) is 220 cm³/mol. The van der Waals surface area contributed by atoms with E-state index in [2.05, 4.69) is 91.8 Å². The maximum absolute atomic E-state index is 13.2. The number of halogens is 2. The van der Waals surface area contributed by atoms with Crippen molar-refractivity contribution in [3.63, 3.8) is 0 Å². The number of anilines is 2. The van der Waals surface area contributed by atoms with Crippen LogP contribution < -0.4 is 20.7 Å². The van der Waals surface area contributed by atoms with Crippen LogP contribution in [0.25, 0.3) is 0 Å². The Morgan fingerprint density at radius 1 is 0.830 bits per heavy atom. The minimum absolute atomic E-state index is 0.141. The third-order valence-corrected chi connectivity index (χ3v) is 11.2. The number of amides is 1. The molecular weight excluding hydrogens is 804 g/mol. The van der Waals surface area contributed by atoms with Crippen LogP contribution in [0.15, 0.2) is 44.1 Å². The Kier molecular flexibility index (Phi) is 16.0. The molecule has 12 heteroatoms. The fourth-order valence-corrected chi connectivity index (χ4v) is 8.32. The number of nitrogens with one attached hydrogen (secondary N) is 2. The van der Waals surface area contributed by atoms with Gasteiger partial charge in [0.05, 0.1) is 12.7 Å². The van der Waals surface area contributed by atoms with Crippen LogP contribution in [-0.4, -0.2) is 75.6 Å². The first-order chi connectivity index (χ1) is 25.3. The molecule has 2 aromatic carbocycles. The number of ether oxygens (including phenoxy) is 3. The molecule has 2 N–H and O–H groups in total. The Hall–Kier alpha value is -3.19. The summed E-state index contributed by atoms with van der Waals surface area (Å²) in [5, 5.41) is 2.98. The van der Waals surface area contributed by atoms with Gasteiger partial charge in [-0.25, -0.2) is 4.79 Å². The third-order valence-electron chi connectivity index (χ3n) is 10.3. The molecule has 2 fully saturated rings. The SMILES string of the molecule is CCN(c1cc(Br)cc(C(=O)NCc2c(C(C)C)cc(C)[nH]c2=O)c1C)C1CCOCC1.CCN(c1cc(Br)cc(C(=O)OC)c1C)C1CCOCC1. The third kappa shape index (κ3) is 10.7. The second-order valence-electron chi connectivity index (χ2n) is 14.0.